The van der Waals surface area contributed by atoms with Crippen LogP contribution >= 0.6 is 15.9 Å². The maximum Gasteiger partial charge on any atom is 0.377 e. The third-order valence-corrected chi connectivity index (χ3v) is 2.95. The number of carbonyl (C=O) groups excluding carboxylic acids is 1. The van der Waals surface area contributed by atoms with E-state index in [2.05, 4.69) is 15.9 Å². The van der Waals surface area contributed by atoms with E-state index in [9.17, 15) is 4.79 Å². The van der Waals surface area contributed by atoms with Gasteiger partial charge in [-0.3, -0.25) is 0 Å². The fourth-order valence-corrected chi connectivity index (χ4v) is 2.17. The number of nitrogens with two attached hydrogens (primary N) is 1. The summed E-state index contributed by atoms with van der Waals surface area (Å²) in [6.07, 6.45) is 0. The second kappa shape index (κ2) is 4.31. The van der Waals surface area contributed by atoms with Crippen LogP contribution in [0.2, 0.25) is 0 Å². The van der Waals surface area contributed by atoms with Gasteiger partial charge >= 0.3 is 5.97 Å². The second-order valence-corrected chi connectivity index (χ2v) is 5.81. The van der Waals surface area contributed by atoms with Crippen molar-refractivity contribution in [1.29, 1.82) is 0 Å². The molecule has 1 aromatic carbocycles. The minimum atomic E-state index is -0.584. The number of anilines is 1. The first kappa shape index (κ1) is 13.0. The number of nitrogen functional groups attached to an aromatic ring is 1. The molecule has 96 valence electrons. The molecule has 0 radical (unpaired) electrons. The van der Waals surface area contributed by atoms with Gasteiger partial charge in [0, 0.05) is 4.47 Å². The van der Waals surface area contributed by atoms with E-state index in [1.54, 1.807) is 26.8 Å². The van der Waals surface area contributed by atoms with Gasteiger partial charge in [0.05, 0.1) is 11.1 Å². The van der Waals surface area contributed by atoms with Gasteiger partial charge in [-0.05, 0) is 48.8 Å². The molecule has 18 heavy (non-hydrogen) atoms. The fourth-order valence-electron chi connectivity index (χ4n) is 1.61. The topological polar surface area (TPSA) is 65.5 Å². The highest BCUT2D eigenvalue weighted by atomic mass is 79.9. The summed E-state index contributed by atoms with van der Waals surface area (Å²) in [7, 11) is 0. The molecule has 1 heterocycles. The molecule has 0 saturated carbocycles. The number of rotatable bonds is 1. The first-order chi connectivity index (χ1) is 8.29. The molecule has 4 nitrogen and oxygen atoms in total. The summed E-state index contributed by atoms with van der Waals surface area (Å²) in [5, 5.41) is 0.693. The van der Waals surface area contributed by atoms with Crippen LogP contribution in [0.5, 0.6) is 0 Å². The lowest BCUT2D eigenvalue weighted by atomic mass is 10.2. The number of ether oxygens (including phenoxy) is 1. The Morgan fingerprint density at radius 1 is 1.39 bits per heavy atom. The van der Waals surface area contributed by atoms with Gasteiger partial charge in [-0.1, -0.05) is 6.07 Å². The molecule has 0 amide bonds. The molecular formula is C13H14BrNO3. The Bertz CT molecular complexity index is 610. The average Bonchev–Trinajstić information content (AvgIpc) is 2.55. The zero-order valence-electron chi connectivity index (χ0n) is 10.4. The van der Waals surface area contributed by atoms with Crippen molar-refractivity contribution in [3.8, 4) is 0 Å². The van der Waals surface area contributed by atoms with Crippen molar-refractivity contribution in [2.24, 2.45) is 0 Å². The van der Waals surface area contributed by atoms with Crippen LogP contribution in [-0.4, -0.2) is 11.6 Å². The predicted molar refractivity (Wildman–Crippen MR) is 73.5 cm³/mol. The monoisotopic (exact) mass is 311 g/mol. The summed E-state index contributed by atoms with van der Waals surface area (Å²) in [5.74, 6) is -0.505. The Balaban J connectivity index is 2.50. The number of halogens is 1. The number of hydrogen-bond acceptors (Lipinski definition) is 4. The van der Waals surface area contributed by atoms with Gasteiger partial charge in [0.2, 0.25) is 5.76 Å². The highest BCUT2D eigenvalue weighted by Crippen LogP contribution is 2.34. The van der Waals surface area contributed by atoms with Crippen LogP contribution in [-0.2, 0) is 4.74 Å². The third kappa shape index (κ3) is 2.36. The SMILES string of the molecule is CC(C)(C)OC(=O)c1oc2cccc(Br)c2c1N. The molecule has 0 unspecified atom stereocenters. The van der Waals surface area contributed by atoms with Crippen molar-refractivity contribution in [3.05, 3.63) is 28.4 Å². The molecule has 5 heteroatoms. The van der Waals surface area contributed by atoms with Gasteiger partial charge in [0.25, 0.3) is 0 Å². The number of benzene rings is 1. The highest BCUT2D eigenvalue weighted by Gasteiger charge is 2.25. The summed E-state index contributed by atoms with van der Waals surface area (Å²) in [6, 6.07) is 5.41. The Kier molecular flexibility index (Phi) is 3.11. The standard InChI is InChI=1S/C13H14BrNO3/c1-13(2,3)18-12(16)11-10(15)9-7(14)5-4-6-8(9)17-11/h4-6H,15H2,1-3H3. The summed E-state index contributed by atoms with van der Waals surface area (Å²) < 4.78 is 11.5. The van der Waals surface area contributed by atoms with Crippen molar-refractivity contribution < 1.29 is 13.9 Å². The van der Waals surface area contributed by atoms with E-state index in [1.165, 1.54) is 0 Å². The maximum absolute atomic E-state index is 12.0. The first-order valence-corrected chi connectivity index (χ1v) is 6.29. The highest BCUT2D eigenvalue weighted by molar-refractivity contribution is 9.10. The summed E-state index contributed by atoms with van der Waals surface area (Å²) in [6.45, 7) is 5.37. The number of hydrogen-bond donors (Lipinski definition) is 1. The molecule has 0 aliphatic heterocycles. The summed E-state index contributed by atoms with van der Waals surface area (Å²) >= 11 is 3.38. The van der Waals surface area contributed by atoms with E-state index >= 15 is 0 Å². The van der Waals surface area contributed by atoms with Crippen LogP contribution in [0.4, 0.5) is 5.69 Å². The zero-order chi connectivity index (χ0) is 13.5. The van der Waals surface area contributed by atoms with Crippen LogP contribution in [0.3, 0.4) is 0 Å². The minimum Gasteiger partial charge on any atom is -0.454 e. The maximum atomic E-state index is 12.0. The van der Waals surface area contributed by atoms with Crippen molar-refractivity contribution in [1.82, 2.24) is 0 Å². The number of esters is 1. The Morgan fingerprint density at radius 3 is 2.61 bits per heavy atom. The van der Waals surface area contributed by atoms with Crippen molar-refractivity contribution in [2.45, 2.75) is 26.4 Å². The van der Waals surface area contributed by atoms with E-state index < -0.39 is 11.6 Å². The molecule has 2 rings (SSSR count). The van der Waals surface area contributed by atoms with E-state index in [1.807, 2.05) is 12.1 Å². The molecular weight excluding hydrogens is 298 g/mol. The smallest absolute Gasteiger partial charge is 0.377 e. The first-order valence-electron chi connectivity index (χ1n) is 5.49. The molecule has 0 spiro atoms. The van der Waals surface area contributed by atoms with Crippen LogP contribution < -0.4 is 5.73 Å². The van der Waals surface area contributed by atoms with Crippen LogP contribution in [0.25, 0.3) is 11.0 Å². The Hall–Kier alpha value is -1.49. The van der Waals surface area contributed by atoms with Crippen molar-refractivity contribution >= 4 is 38.6 Å². The van der Waals surface area contributed by atoms with Crippen LogP contribution in [0, 0.1) is 0 Å². The molecule has 1 aromatic heterocycles. The predicted octanol–water partition coefficient (Wildman–Crippen LogP) is 3.73. The van der Waals surface area contributed by atoms with Crippen LogP contribution in [0.15, 0.2) is 27.1 Å². The van der Waals surface area contributed by atoms with Gasteiger partial charge in [-0.25, -0.2) is 4.79 Å². The summed E-state index contributed by atoms with van der Waals surface area (Å²) in [4.78, 5) is 12.0. The second-order valence-electron chi connectivity index (χ2n) is 4.96. The van der Waals surface area contributed by atoms with Gasteiger partial charge in [-0.2, -0.15) is 0 Å². The molecule has 0 fully saturated rings. The minimum absolute atomic E-state index is 0.0480. The lowest BCUT2D eigenvalue weighted by molar-refractivity contribution is 0.00398. The molecule has 2 N–H and O–H groups in total. The van der Waals surface area contributed by atoms with E-state index in [-0.39, 0.29) is 5.76 Å². The largest absolute Gasteiger partial charge is 0.454 e. The quantitative estimate of drug-likeness (QED) is 0.815. The van der Waals surface area contributed by atoms with Gasteiger partial charge in [-0.15, -0.1) is 0 Å². The van der Waals surface area contributed by atoms with Crippen molar-refractivity contribution in [2.75, 3.05) is 5.73 Å². The average molecular weight is 312 g/mol. The molecule has 0 saturated heterocycles. The lowest BCUT2D eigenvalue weighted by Crippen LogP contribution is -2.24. The normalized spacial score (nSPS) is 11.8. The van der Waals surface area contributed by atoms with Crippen molar-refractivity contribution in [3.63, 3.8) is 0 Å². The van der Waals surface area contributed by atoms with E-state index in [0.29, 0.717) is 16.7 Å². The third-order valence-electron chi connectivity index (χ3n) is 2.29. The molecule has 0 atom stereocenters. The van der Waals surface area contributed by atoms with E-state index in [4.69, 9.17) is 14.9 Å². The Labute approximate surface area is 113 Å². The number of furan rings is 1. The lowest BCUT2D eigenvalue weighted by Gasteiger charge is -2.18. The summed E-state index contributed by atoms with van der Waals surface area (Å²) in [5.41, 5.74) is 6.21. The molecule has 0 aliphatic rings. The molecule has 2 aromatic rings. The molecule has 0 aliphatic carbocycles. The number of fused-ring (bicyclic) bond motifs is 1. The fraction of sp³-hybridized carbons (Fsp3) is 0.308. The van der Waals surface area contributed by atoms with E-state index in [0.717, 1.165) is 4.47 Å². The van der Waals surface area contributed by atoms with Gasteiger partial charge in [0.15, 0.2) is 0 Å². The van der Waals surface area contributed by atoms with Crippen LogP contribution in [0.1, 0.15) is 31.3 Å². The van der Waals surface area contributed by atoms with Gasteiger partial charge in [0.1, 0.15) is 11.2 Å². The number of carbonyl (C=O) groups is 1. The zero-order valence-corrected chi connectivity index (χ0v) is 12.0. The molecule has 0 bridgehead atoms. The van der Waals surface area contributed by atoms with Gasteiger partial charge < -0.3 is 14.9 Å². The Morgan fingerprint density at radius 2 is 2.06 bits per heavy atom.